The molecule has 0 bridgehead atoms. The number of rotatable bonds is 5. The van der Waals surface area contributed by atoms with E-state index in [1.165, 1.54) is 6.07 Å². The highest BCUT2D eigenvalue weighted by Crippen LogP contribution is 2.28. The molecular formula is C12H11BrO5. The number of ketones is 1. The van der Waals surface area contributed by atoms with Crippen molar-refractivity contribution in [3.8, 4) is 5.75 Å². The van der Waals surface area contributed by atoms with Crippen LogP contribution in [-0.2, 0) is 9.59 Å². The molecule has 0 saturated carbocycles. The van der Waals surface area contributed by atoms with Crippen LogP contribution in [0.25, 0.3) is 5.76 Å². The van der Waals surface area contributed by atoms with E-state index in [1.54, 1.807) is 19.1 Å². The van der Waals surface area contributed by atoms with Crippen molar-refractivity contribution in [2.24, 2.45) is 0 Å². The lowest BCUT2D eigenvalue weighted by molar-refractivity contribution is -0.146. The predicted molar refractivity (Wildman–Crippen MR) is 68.6 cm³/mol. The summed E-state index contributed by atoms with van der Waals surface area (Å²) in [6.45, 7) is 2.16. The third-order valence-electron chi connectivity index (χ3n) is 2.00. The second-order valence-corrected chi connectivity index (χ2v) is 4.19. The number of benzene rings is 1. The van der Waals surface area contributed by atoms with Crippen LogP contribution in [0.1, 0.15) is 12.5 Å². The number of hydrogen-bond acceptors (Lipinski definition) is 4. The maximum Gasteiger partial charge on any atom is 0.376 e. The summed E-state index contributed by atoms with van der Waals surface area (Å²) in [6.07, 6.45) is 0.645. The zero-order chi connectivity index (χ0) is 13.7. The van der Waals surface area contributed by atoms with Crippen molar-refractivity contribution < 1.29 is 24.5 Å². The van der Waals surface area contributed by atoms with E-state index in [0.717, 1.165) is 0 Å². The Morgan fingerprint density at radius 2 is 2.06 bits per heavy atom. The zero-order valence-corrected chi connectivity index (χ0v) is 11.1. The first-order valence-electron chi connectivity index (χ1n) is 5.06. The van der Waals surface area contributed by atoms with Gasteiger partial charge in [-0.2, -0.15) is 0 Å². The van der Waals surface area contributed by atoms with Gasteiger partial charge in [-0.3, -0.25) is 4.79 Å². The highest BCUT2D eigenvalue weighted by Gasteiger charge is 2.14. The van der Waals surface area contributed by atoms with Gasteiger partial charge in [0.15, 0.2) is 0 Å². The van der Waals surface area contributed by atoms with Crippen LogP contribution in [0.4, 0.5) is 0 Å². The second kappa shape index (κ2) is 6.20. The lowest BCUT2D eigenvalue weighted by Gasteiger charge is -2.09. The van der Waals surface area contributed by atoms with Crippen LogP contribution < -0.4 is 4.74 Å². The molecule has 0 amide bonds. The van der Waals surface area contributed by atoms with Gasteiger partial charge in [0.2, 0.25) is 0 Å². The van der Waals surface area contributed by atoms with Gasteiger partial charge in [0.05, 0.1) is 12.2 Å². The Kier molecular flexibility index (Phi) is 4.91. The fourth-order valence-corrected chi connectivity index (χ4v) is 1.61. The lowest BCUT2D eigenvalue weighted by atomic mass is 10.1. The fraction of sp³-hybridized carbons (Fsp3) is 0.167. The molecule has 0 aliphatic carbocycles. The van der Waals surface area contributed by atoms with Crippen molar-refractivity contribution >= 4 is 33.4 Å². The fourth-order valence-electron chi connectivity index (χ4n) is 1.25. The van der Waals surface area contributed by atoms with Crippen LogP contribution in [0.15, 0.2) is 28.7 Å². The number of carbonyl (C=O) groups is 2. The Morgan fingerprint density at radius 1 is 1.39 bits per heavy atom. The summed E-state index contributed by atoms with van der Waals surface area (Å²) in [5.74, 6) is -2.91. The van der Waals surface area contributed by atoms with Crippen LogP contribution in [0, 0.1) is 0 Å². The molecule has 1 rings (SSSR count). The Bertz CT molecular complexity index is 507. The van der Waals surface area contributed by atoms with Gasteiger partial charge < -0.3 is 14.9 Å². The summed E-state index contributed by atoms with van der Waals surface area (Å²) in [7, 11) is 0. The molecule has 2 N–H and O–H groups in total. The molecule has 96 valence electrons. The van der Waals surface area contributed by atoms with E-state index in [0.29, 0.717) is 22.9 Å². The van der Waals surface area contributed by atoms with E-state index in [1.807, 2.05) is 0 Å². The summed E-state index contributed by atoms with van der Waals surface area (Å²) in [4.78, 5) is 21.4. The van der Waals surface area contributed by atoms with Crippen LogP contribution in [-0.4, -0.2) is 28.6 Å². The van der Waals surface area contributed by atoms with Gasteiger partial charge in [-0.05, 0) is 25.1 Å². The molecule has 0 heterocycles. The number of carboxylic acid groups (broad SMARTS) is 1. The SMILES string of the molecule is CCOc1ccc(Br)cc1C(O)=CC(=O)C(=O)O. The Morgan fingerprint density at radius 3 is 2.61 bits per heavy atom. The molecule has 0 unspecified atom stereocenters. The molecule has 0 aliphatic rings. The largest absolute Gasteiger partial charge is 0.507 e. The van der Waals surface area contributed by atoms with Gasteiger partial charge in [0.25, 0.3) is 5.78 Å². The molecule has 0 aromatic heterocycles. The molecule has 0 spiro atoms. The van der Waals surface area contributed by atoms with Crippen molar-refractivity contribution in [1.29, 1.82) is 0 Å². The van der Waals surface area contributed by atoms with Gasteiger partial charge in [-0.25, -0.2) is 4.79 Å². The average molecular weight is 315 g/mol. The third kappa shape index (κ3) is 3.59. The molecule has 0 atom stereocenters. The van der Waals surface area contributed by atoms with Crippen molar-refractivity contribution in [3.05, 3.63) is 34.3 Å². The number of carbonyl (C=O) groups excluding carboxylic acids is 1. The molecule has 0 aliphatic heterocycles. The summed E-state index contributed by atoms with van der Waals surface area (Å²) in [5, 5.41) is 18.2. The van der Waals surface area contributed by atoms with E-state index in [4.69, 9.17) is 9.84 Å². The van der Waals surface area contributed by atoms with Crippen molar-refractivity contribution in [2.75, 3.05) is 6.61 Å². The monoisotopic (exact) mass is 314 g/mol. The third-order valence-corrected chi connectivity index (χ3v) is 2.49. The predicted octanol–water partition coefficient (Wildman–Crippen LogP) is 2.40. The first-order valence-corrected chi connectivity index (χ1v) is 5.85. The molecule has 0 saturated heterocycles. The maximum atomic E-state index is 11.0. The molecule has 1 aromatic rings. The molecule has 5 nitrogen and oxygen atoms in total. The van der Waals surface area contributed by atoms with Crippen LogP contribution in [0.5, 0.6) is 5.75 Å². The minimum Gasteiger partial charge on any atom is -0.507 e. The molecule has 0 fully saturated rings. The molecule has 0 radical (unpaired) electrons. The number of hydrogen-bond donors (Lipinski definition) is 2. The van der Waals surface area contributed by atoms with Crippen molar-refractivity contribution in [3.63, 3.8) is 0 Å². The van der Waals surface area contributed by atoms with Crippen LogP contribution in [0.2, 0.25) is 0 Å². The minimum atomic E-state index is -1.63. The van der Waals surface area contributed by atoms with Crippen molar-refractivity contribution in [1.82, 2.24) is 0 Å². The lowest BCUT2D eigenvalue weighted by Crippen LogP contribution is -2.09. The molecule has 6 heteroatoms. The topological polar surface area (TPSA) is 83.8 Å². The first kappa shape index (κ1) is 14.2. The minimum absolute atomic E-state index is 0.251. The van der Waals surface area contributed by atoms with E-state index in [2.05, 4.69) is 15.9 Å². The Balaban J connectivity index is 3.18. The normalized spacial score (nSPS) is 11.1. The Labute approximate surface area is 112 Å². The van der Waals surface area contributed by atoms with Gasteiger partial charge in [0, 0.05) is 10.5 Å². The zero-order valence-electron chi connectivity index (χ0n) is 9.51. The average Bonchev–Trinajstić information content (AvgIpc) is 2.31. The second-order valence-electron chi connectivity index (χ2n) is 3.27. The number of aliphatic hydroxyl groups excluding tert-OH is 1. The highest BCUT2D eigenvalue weighted by molar-refractivity contribution is 9.10. The highest BCUT2D eigenvalue weighted by atomic mass is 79.9. The molecule has 1 aromatic carbocycles. The van der Waals surface area contributed by atoms with E-state index >= 15 is 0 Å². The maximum absolute atomic E-state index is 11.0. The van der Waals surface area contributed by atoms with Gasteiger partial charge in [-0.15, -0.1) is 0 Å². The van der Waals surface area contributed by atoms with Crippen molar-refractivity contribution in [2.45, 2.75) is 6.92 Å². The first-order chi connectivity index (χ1) is 8.45. The van der Waals surface area contributed by atoms with Crippen LogP contribution >= 0.6 is 15.9 Å². The van der Waals surface area contributed by atoms with Gasteiger partial charge in [0.1, 0.15) is 11.5 Å². The Hall–Kier alpha value is -1.82. The van der Waals surface area contributed by atoms with E-state index < -0.39 is 17.5 Å². The van der Waals surface area contributed by atoms with Gasteiger partial charge in [-0.1, -0.05) is 15.9 Å². The number of aliphatic hydroxyl groups is 1. The summed E-state index contributed by atoms with van der Waals surface area (Å²) >= 11 is 3.22. The standard InChI is InChI=1S/C12H11BrO5/c1-2-18-11-4-3-7(13)5-8(11)9(14)6-10(15)12(16)17/h3-6,14H,2H2,1H3,(H,16,17). The molecule has 18 heavy (non-hydrogen) atoms. The number of aliphatic carboxylic acids is 1. The quantitative estimate of drug-likeness (QED) is 0.495. The number of carboxylic acids is 1. The van der Waals surface area contributed by atoms with E-state index in [-0.39, 0.29) is 5.56 Å². The summed E-state index contributed by atoms with van der Waals surface area (Å²) in [5.41, 5.74) is 0.251. The molecular weight excluding hydrogens is 304 g/mol. The van der Waals surface area contributed by atoms with Crippen LogP contribution in [0.3, 0.4) is 0 Å². The summed E-state index contributed by atoms with van der Waals surface area (Å²) < 4.78 is 5.94. The van der Waals surface area contributed by atoms with Gasteiger partial charge >= 0.3 is 5.97 Å². The number of halogens is 1. The number of ether oxygens (including phenoxy) is 1. The summed E-state index contributed by atoms with van der Waals surface area (Å²) in [6, 6.07) is 4.85. The smallest absolute Gasteiger partial charge is 0.376 e. The van der Waals surface area contributed by atoms with E-state index in [9.17, 15) is 14.7 Å².